The van der Waals surface area contributed by atoms with E-state index in [1.165, 1.54) is 17.7 Å². The Balaban J connectivity index is 1.88. The standard InChI is InChI=1S/C14H22N2OS/c1-10(11-6-7-11)14(17)15-9-12(16(2)3)13-5-4-8-18-13/h4-5,8,10-12H,6-7,9H2,1-3H3,(H,15,17). The molecule has 1 N–H and O–H groups in total. The number of amides is 1. The highest BCUT2D eigenvalue weighted by molar-refractivity contribution is 7.10. The molecule has 1 aromatic heterocycles. The van der Waals surface area contributed by atoms with Crippen LogP contribution >= 0.6 is 11.3 Å². The molecule has 18 heavy (non-hydrogen) atoms. The molecular formula is C14H22N2OS. The van der Waals surface area contributed by atoms with Gasteiger partial charge >= 0.3 is 0 Å². The van der Waals surface area contributed by atoms with Gasteiger partial charge in [0.25, 0.3) is 0 Å². The zero-order chi connectivity index (χ0) is 13.1. The summed E-state index contributed by atoms with van der Waals surface area (Å²) in [6, 6.07) is 4.47. The third-order valence-electron chi connectivity index (χ3n) is 3.71. The zero-order valence-electron chi connectivity index (χ0n) is 11.3. The van der Waals surface area contributed by atoms with Crippen molar-refractivity contribution < 1.29 is 4.79 Å². The van der Waals surface area contributed by atoms with Crippen molar-refractivity contribution in [3.8, 4) is 0 Å². The van der Waals surface area contributed by atoms with E-state index in [2.05, 4.69) is 41.8 Å². The third-order valence-corrected chi connectivity index (χ3v) is 4.68. The van der Waals surface area contributed by atoms with Gasteiger partial charge in [-0.1, -0.05) is 13.0 Å². The second-order valence-electron chi connectivity index (χ2n) is 5.37. The molecule has 0 saturated heterocycles. The van der Waals surface area contributed by atoms with Crippen LogP contribution in [0.15, 0.2) is 17.5 Å². The van der Waals surface area contributed by atoms with Gasteiger partial charge in [0.15, 0.2) is 0 Å². The average Bonchev–Trinajstić information content (AvgIpc) is 3.05. The van der Waals surface area contributed by atoms with Crippen molar-refractivity contribution in [1.29, 1.82) is 0 Å². The second kappa shape index (κ2) is 5.85. The van der Waals surface area contributed by atoms with Crippen molar-refractivity contribution in [2.45, 2.75) is 25.8 Å². The highest BCUT2D eigenvalue weighted by Crippen LogP contribution is 2.36. The molecule has 1 fully saturated rings. The van der Waals surface area contributed by atoms with Crippen LogP contribution < -0.4 is 5.32 Å². The maximum Gasteiger partial charge on any atom is 0.223 e. The first kappa shape index (κ1) is 13.6. The minimum absolute atomic E-state index is 0.177. The zero-order valence-corrected chi connectivity index (χ0v) is 12.2. The number of carbonyl (C=O) groups excluding carboxylic acids is 1. The number of thiophene rings is 1. The first-order valence-corrected chi connectivity index (χ1v) is 7.45. The van der Waals surface area contributed by atoms with E-state index in [4.69, 9.17) is 0 Å². The van der Waals surface area contributed by atoms with Crippen LogP contribution in [0.4, 0.5) is 0 Å². The number of carbonyl (C=O) groups is 1. The predicted molar refractivity (Wildman–Crippen MR) is 75.6 cm³/mol. The van der Waals surface area contributed by atoms with Gasteiger partial charge in [0.2, 0.25) is 5.91 Å². The maximum atomic E-state index is 12.0. The molecule has 2 atom stereocenters. The van der Waals surface area contributed by atoms with Crippen molar-refractivity contribution in [2.75, 3.05) is 20.6 Å². The molecule has 0 spiro atoms. The summed E-state index contributed by atoms with van der Waals surface area (Å²) in [7, 11) is 4.11. The van der Waals surface area contributed by atoms with E-state index in [1.54, 1.807) is 11.3 Å². The van der Waals surface area contributed by atoms with Gasteiger partial charge in [0.1, 0.15) is 0 Å². The van der Waals surface area contributed by atoms with E-state index in [0.29, 0.717) is 12.5 Å². The van der Waals surface area contributed by atoms with Crippen LogP contribution in [-0.4, -0.2) is 31.4 Å². The Morgan fingerprint density at radius 2 is 2.28 bits per heavy atom. The van der Waals surface area contributed by atoms with Crippen molar-refractivity contribution in [1.82, 2.24) is 10.2 Å². The van der Waals surface area contributed by atoms with Crippen LogP contribution in [0.1, 0.15) is 30.7 Å². The molecule has 0 aromatic carbocycles. The van der Waals surface area contributed by atoms with Crippen molar-refractivity contribution in [2.24, 2.45) is 11.8 Å². The predicted octanol–water partition coefficient (Wildman–Crippen LogP) is 2.51. The maximum absolute atomic E-state index is 12.0. The number of nitrogens with zero attached hydrogens (tertiary/aromatic N) is 1. The van der Waals surface area contributed by atoms with E-state index in [1.807, 2.05) is 6.92 Å². The first-order chi connectivity index (χ1) is 8.59. The van der Waals surface area contributed by atoms with E-state index >= 15 is 0 Å². The Morgan fingerprint density at radius 3 is 2.78 bits per heavy atom. The Bertz CT molecular complexity index is 385. The molecule has 1 aliphatic rings. The van der Waals surface area contributed by atoms with Gasteiger partial charge in [-0.05, 0) is 44.3 Å². The second-order valence-corrected chi connectivity index (χ2v) is 6.35. The summed E-state index contributed by atoms with van der Waals surface area (Å²) < 4.78 is 0. The molecule has 0 bridgehead atoms. The molecule has 2 unspecified atom stereocenters. The molecule has 0 radical (unpaired) electrons. The van der Waals surface area contributed by atoms with Gasteiger partial charge < -0.3 is 10.2 Å². The topological polar surface area (TPSA) is 32.3 Å². The minimum Gasteiger partial charge on any atom is -0.354 e. The van der Waals surface area contributed by atoms with Gasteiger partial charge in [-0.3, -0.25) is 4.79 Å². The lowest BCUT2D eigenvalue weighted by atomic mass is 10.1. The van der Waals surface area contributed by atoms with Crippen molar-refractivity contribution in [3.63, 3.8) is 0 Å². The molecular weight excluding hydrogens is 244 g/mol. The van der Waals surface area contributed by atoms with Crippen LogP contribution in [-0.2, 0) is 4.79 Å². The molecule has 4 heteroatoms. The third kappa shape index (κ3) is 3.33. The van der Waals surface area contributed by atoms with E-state index < -0.39 is 0 Å². The molecule has 0 aliphatic heterocycles. The molecule has 1 amide bonds. The quantitative estimate of drug-likeness (QED) is 0.858. The van der Waals surface area contributed by atoms with Crippen LogP contribution in [0, 0.1) is 11.8 Å². The Kier molecular flexibility index (Phi) is 4.40. The summed E-state index contributed by atoms with van der Waals surface area (Å²) in [5.74, 6) is 1.02. The van der Waals surface area contributed by atoms with Crippen LogP contribution in [0.25, 0.3) is 0 Å². The number of likely N-dealkylation sites (N-methyl/N-ethyl adjacent to an activating group) is 1. The summed E-state index contributed by atoms with van der Waals surface area (Å²) >= 11 is 1.75. The fourth-order valence-electron chi connectivity index (χ4n) is 2.19. The largest absolute Gasteiger partial charge is 0.354 e. The highest BCUT2D eigenvalue weighted by Gasteiger charge is 2.32. The van der Waals surface area contributed by atoms with E-state index in [0.717, 1.165) is 0 Å². The fourth-order valence-corrected chi connectivity index (χ4v) is 3.11. The van der Waals surface area contributed by atoms with Gasteiger partial charge in [-0.2, -0.15) is 0 Å². The molecule has 1 aromatic rings. The van der Waals surface area contributed by atoms with E-state index in [-0.39, 0.29) is 17.9 Å². The summed E-state index contributed by atoms with van der Waals surface area (Å²) in [6.45, 7) is 2.74. The van der Waals surface area contributed by atoms with Gasteiger partial charge in [0, 0.05) is 17.3 Å². The molecule has 3 nitrogen and oxygen atoms in total. The van der Waals surface area contributed by atoms with Crippen LogP contribution in [0.5, 0.6) is 0 Å². The summed E-state index contributed by atoms with van der Waals surface area (Å²) in [4.78, 5) is 15.5. The Morgan fingerprint density at radius 1 is 1.56 bits per heavy atom. The number of hydrogen-bond donors (Lipinski definition) is 1. The number of nitrogens with one attached hydrogen (secondary N) is 1. The highest BCUT2D eigenvalue weighted by atomic mass is 32.1. The first-order valence-electron chi connectivity index (χ1n) is 6.57. The normalized spacial score (nSPS) is 18.7. The lowest BCUT2D eigenvalue weighted by Crippen LogP contribution is -2.37. The lowest BCUT2D eigenvalue weighted by Gasteiger charge is -2.24. The average molecular weight is 266 g/mol. The van der Waals surface area contributed by atoms with Gasteiger partial charge in [0.05, 0.1) is 6.04 Å². The molecule has 1 aliphatic carbocycles. The summed E-state index contributed by atoms with van der Waals surface area (Å²) in [6.07, 6.45) is 2.44. The number of hydrogen-bond acceptors (Lipinski definition) is 3. The van der Waals surface area contributed by atoms with Crippen molar-refractivity contribution in [3.05, 3.63) is 22.4 Å². The monoisotopic (exact) mass is 266 g/mol. The molecule has 1 saturated carbocycles. The van der Waals surface area contributed by atoms with Gasteiger partial charge in [-0.15, -0.1) is 11.3 Å². The van der Waals surface area contributed by atoms with Gasteiger partial charge in [-0.25, -0.2) is 0 Å². The Labute approximate surface area is 113 Å². The summed E-state index contributed by atoms with van der Waals surface area (Å²) in [5.41, 5.74) is 0. The molecule has 1 heterocycles. The smallest absolute Gasteiger partial charge is 0.223 e. The van der Waals surface area contributed by atoms with Crippen LogP contribution in [0.2, 0.25) is 0 Å². The minimum atomic E-state index is 0.177. The van der Waals surface area contributed by atoms with E-state index in [9.17, 15) is 4.79 Å². The van der Waals surface area contributed by atoms with Crippen LogP contribution in [0.3, 0.4) is 0 Å². The molecule has 100 valence electrons. The van der Waals surface area contributed by atoms with Crippen molar-refractivity contribution >= 4 is 17.2 Å². The fraction of sp³-hybridized carbons (Fsp3) is 0.643. The summed E-state index contributed by atoms with van der Waals surface area (Å²) in [5, 5.41) is 5.18. The Hall–Kier alpha value is -0.870. The lowest BCUT2D eigenvalue weighted by molar-refractivity contribution is -0.125. The number of rotatable bonds is 6. The SMILES string of the molecule is CC(C(=O)NCC(c1cccs1)N(C)C)C1CC1. The molecule has 2 rings (SSSR count).